The Morgan fingerprint density at radius 2 is 1.62 bits per heavy atom. The first-order chi connectivity index (χ1) is 12.4. The first kappa shape index (κ1) is 19.6. The van der Waals surface area contributed by atoms with Crippen molar-refractivity contribution in [1.82, 2.24) is 4.31 Å². The zero-order valence-electron chi connectivity index (χ0n) is 14.7. The summed E-state index contributed by atoms with van der Waals surface area (Å²) in [7, 11) is -3.53. The maximum atomic E-state index is 12.4. The van der Waals surface area contributed by atoms with Crippen LogP contribution in [-0.2, 0) is 10.0 Å². The Labute approximate surface area is 154 Å². The van der Waals surface area contributed by atoms with Crippen molar-refractivity contribution < 1.29 is 13.2 Å². The van der Waals surface area contributed by atoms with E-state index in [0.717, 1.165) is 5.56 Å². The predicted molar refractivity (Wildman–Crippen MR) is 101 cm³/mol. The van der Waals surface area contributed by atoms with Gasteiger partial charge in [-0.2, -0.15) is 9.57 Å². The number of carbonyl (C=O) groups is 1. The van der Waals surface area contributed by atoms with E-state index >= 15 is 0 Å². The summed E-state index contributed by atoms with van der Waals surface area (Å²) in [6.07, 6.45) is 3.08. The summed E-state index contributed by atoms with van der Waals surface area (Å²) in [6.45, 7) is 4.36. The zero-order valence-corrected chi connectivity index (χ0v) is 15.5. The lowest BCUT2D eigenvalue weighted by molar-refractivity contribution is 0.104. The second kappa shape index (κ2) is 8.56. The van der Waals surface area contributed by atoms with Crippen LogP contribution in [0.1, 0.15) is 35.3 Å². The summed E-state index contributed by atoms with van der Waals surface area (Å²) in [5, 5.41) is 8.77. The van der Waals surface area contributed by atoms with Crippen LogP contribution in [0.15, 0.2) is 59.5 Å². The lowest BCUT2D eigenvalue weighted by atomic mass is 10.1. The van der Waals surface area contributed by atoms with Crippen molar-refractivity contribution in [2.75, 3.05) is 13.1 Å². The highest BCUT2D eigenvalue weighted by Gasteiger charge is 2.21. The second-order valence-corrected chi connectivity index (χ2v) is 7.48. The van der Waals surface area contributed by atoms with Crippen LogP contribution in [0, 0.1) is 11.3 Å². The van der Waals surface area contributed by atoms with Crippen LogP contribution in [0.4, 0.5) is 0 Å². The average molecular weight is 368 g/mol. The summed E-state index contributed by atoms with van der Waals surface area (Å²) in [4.78, 5) is 12.4. The third-order valence-electron chi connectivity index (χ3n) is 3.95. The highest BCUT2D eigenvalue weighted by molar-refractivity contribution is 7.89. The van der Waals surface area contributed by atoms with Gasteiger partial charge in [0.2, 0.25) is 10.0 Å². The van der Waals surface area contributed by atoms with E-state index in [-0.39, 0.29) is 10.7 Å². The number of allylic oxidation sites excluding steroid dienone is 1. The number of rotatable bonds is 7. The van der Waals surface area contributed by atoms with Crippen LogP contribution >= 0.6 is 0 Å². The minimum absolute atomic E-state index is 0.175. The Balaban J connectivity index is 2.15. The number of hydrogen-bond acceptors (Lipinski definition) is 4. The van der Waals surface area contributed by atoms with E-state index in [1.807, 2.05) is 6.07 Å². The summed E-state index contributed by atoms with van der Waals surface area (Å²) < 4.78 is 26.3. The van der Waals surface area contributed by atoms with E-state index in [9.17, 15) is 13.2 Å². The average Bonchev–Trinajstić information content (AvgIpc) is 2.67. The number of nitriles is 1. The monoisotopic (exact) mass is 368 g/mol. The van der Waals surface area contributed by atoms with Crippen molar-refractivity contribution in [3.8, 4) is 6.07 Å². The van der Waals surface area contributed by atoms with Crippen LogP contribution in [-0.4, -0.2) is 31.6 Å². The van der Waals surface area contributed by atoms with Crippen LogP contribution in [0.25, 0.3) is 6.08 Å². The van der Waals surface area contributed by atoms with Crippen LogP contribution in [0.3, 0.4) is 0 Å². The number of hydrogen-bond donors (Lipinski definition) is 0. The minimum atomic E-state index is -3.53. The standard InChI is InChI=1S/C20H20N2O3S/c1-3-22(4-2)26(24,25)19-12-10-18(11-13-19)20(23)14-9-16-5-7-17(15-21)8-6-16/h5-14H,3-4H2,1-2H3/b14-9+. The van der Waals surface area contributed by atoms with Gasteiger partial charge in [-0.05, 0) is 48.0 Å². The summed E-state index contributed by atoms with van der Waals surface area (Å²) >= 11 is 0. The molecule has 0 aliphatic carbocycles. The van der Waals surface area contributed by atoms with Crippen molar-refractivity contribution >= 4 is 21.9 Å². The molecule has 0 aliphatic rings. The molecule has 26 heavy (non-hydrogen) atoms. The molecule has 0 saturated heterocycles. The first-order valence-corrected chi connectivity index (χ1v) is 9.69. The van der Waals surface area contributed by atoms with Gasteiger partial charge in [0.15, 0.2) is 5.78 Å². The fourth-order valence-electron chi connectivity index (χ4n) is 2.44. The molecule has 0 amide bonds. The van der Waals surface area contributed by atoms with E-state index in [1.54, 1.807) is 44.2 Å². The molecule has 134 valence electrons. The van der Waals surface area contributed by atoms with Gasteiger partial charge in [0.25, 0.3) is 0 Å². The van der Waals surface area contributed by atoms with E-state index in [0.29, 0.717) is 24.2 Å². The number of sulfonamides is 1. The van der Waals surface area contributed by atoms with E-state index < -0.39 is 10.0 Å². The molecule has 0 aromatic heterocycles. The van der Waals surface area contributed by atoms with Gasteiger partial charge in [0.1, 0.15) is 0 Å². The Hall–Kier alpha value is -2.75. The second-order valence-electron chi connectivity index (χ2n) is 5.55. The predicted octanol–water partition coefficient (Wildman–Crippen LogP) is 3.48. The number of nitrogens with zero attached hydrogens (tertiary/aromatic N) is 2. The maximum absolute atomic E-state index is 12.4. The quantitative estimate of drug-likeness (QED) is 0.554. The molecule has 0 spiro atoms. The molecule has 0 unspecified atom stereocenters. The molecule has 0 aliphatic heterocycles. The van der Waals surface area contributed by atoms with Gasteiger partial charge >= 0.3 is 0 Å². The molecule has 5 nitrogen and oxygen atoms in total. The van der Waals surface area contributed by atoms with Gasteiger partial charge in [-0.3, -0.25) is 4.79 Å². The van der Waals surface area contributed by atoms with Gasteiger partial charge in [0, 0.05) is 18.7 Å². The molecular formula is C20H20N2O3S. The molecule has 0 radical (unpaired) electrons. The molecule has 0 heterocycles. The van der Waals surface area contributed by atoms with Crippen LogP contribution < -0.4 is 0 Å². The highest BCUT2D eigenvalue weighted by atomic mass is 32.2. The third kappa shape index (κ3) is 4.45. The zero-order chi connectivity index (χ0) is 19.2. The first-order valence-electron chi connectivity index (χ1n) is 8.25. The molecule has 2 rings (SSSR count). The Bertz CT molecular complexity index is 934. The Kier molecular flexibility index (Phi) is 6.45. The highest BCUT2D eigenvalue weighted by Crippen LogP contribution is 2.17. The normalized spacial score (nSPS) is 11.6. The Morgan fingerprint density at radius 1 is 1.04 bits per heavy atom. The van der Waals surface area contributed by atoms with Gasteiger partial charge in [-0.25, -0.2) is 8.42 Å². The van der Waals surface area contributed by atoms with E-state index in [4.69, 9.17) is 5.26 Å². The topological polar surface area (TPSA) is 78.2 Å². The lowest BCUT2D eigenvalue weighted by Crippen LogP contribution is -2.30. The fourth-order valence-corrected chi connectivity index (χ4v) is 3.90. The van der Waals surface area contributed by atoms with Crippen molar-refractivity contribution in [2.45, 2.75) is 18.7 Å². The smallest absolute Gasteiger partial charge is 0.243 e. The maximum Gasteiger partial charge on any atom is 0.243 e. The summed E-state index contributed by atoms with van der Waals surface area (Å²) in [5.41, 5.74) is 1.77. The lowest BCUT2D eigenvalue weighted by Gasteiger charge is -2.18. The third-order valence-corrected chi connectivity index (χ3v) is 6.01. The van der Waals surface area contributed by atoms with Crippen LogP contribution in [0.5, 0.6) is 0 Å². The summed E-state index contributed by atoms with van der Waals surface area (Å²) in [6, 6.07) is 14.8. The van der Waals surface area contributed by atoms with Gasteiger partial charge < -0.3 is 0 Å². The largest absolute Gasteiger partial charge is 0.289 e. The molecule has 0 N–H and O–H groups in total. The van der Waals surface area contributed by atoms with E-state index in [1.165, 1.54) is 34.6 Å². The molecule has 6 heteroatoms. The number of ketones is 1. The van der Waals surface area contributed by atoms with Gasteiger partial charge in [-0.1, -0.05) is 32.1 Å². The van der Waals surface area contributed by atoms with E-state index in [2.05, 4.69) is 0 Å². The molecule has 0 saturated carbocycles. The Morgan fingerprint density at radius 3 is 2.12 bits per heavy atom. The molecule has 0 atom stereocenters. The SMILES string of the molecule is CCN(CC)S(=O)(=O)c1ccc(C(=O)/C=C/c2ccc(C#N)cc2)cc1. The fraction of sp³-hybridized carbons (Fsp3) is 0.200. The van der Waals surface area contributed by atoms with Gasteiger partial charge in [0.05, 0.1) is 16.5 Å². The number of benzene rings is 2. The minimum Gasteiger partial charge on any atom is -0.289 e. The molecule has 2 aromatic rings. The van der Waals surface area contributed by atoms with Crippen molar-refractivity contribution in [3.05, 3.63) is 71.3 Å². The van der Waals surface area contributed by atoms with Crippen molar-refractivity contribution in [1.29, 1.82) is 5.26 Å². The number of carbonyl (C=O) groups excluding carboxylic acids is 1. The van der Waals surface area contributed by atoms with Crippen molar-refractivity contribution in [2.24, 2.45) is 0 Å². The van der Waals surface area contributed by atoms with Gasteiger partial charge in [-0.15, -0.1) is 0 Å². The molecule has 2 aromatic carbocycles. The molecular weight excluding hydrogens is 348 g/mol. The summed E-state index contributed by atoms with van der Waals surface area (Å²) in [5.74, 6) is -0.221. The van der Waals surface area contributed by atoms with Crippen molar-refractivity contribution in [3.63, 3.8) is 0 Å². The molecule has 0 bridgehead atoms. The van der Waals surface area contributed by atoms with Crippen LogP contribution in [0.2, 0.25) is 0 Å². The molecule has 0 fully saturated rings.